The molecule has 0 bridgehead atoms. The SMILES string of the molecule is [N-]=[N+]=N[C@]1(CO)S[C@@H](n2ccc(N)nc2=O)C[C@@H]1O. The summed E-state index contributed by atoms with van der Waals surface area (Å²) in [5, 5.41) is 22.3. The van der Waals surface area contributed by atoms with E-state index >= 15 is 0 Å². The van der Waals surface area contributed by atoms with Crippen molar-refractivity contribution in [1.29, 1.82) is 0 Å². The molecule has 0 unspecified atom stereocenters. The molecule has 1 saturated heterocycles. The number of hydrogen-bond donors (Lipinski definition) is 3. The van der Waals surface area contributed by atoms with Crippen molar-refractivity contribution in [2.45, 2.75) is 22.8 Å². The van der Waals surface area contributed by atoms with Crippen LogP contribution in [0, 0.1) is 0 Å². The number of azide groups is 1. The van der Waals surface area contributed by atoms with Crippen molar-refractivity contribution < 1.29 is 10.2 Å². The van der Waals surface area contributed by atoms with Gasteiger partial charge in [-0.1, -0.05) is 5.11 Å². The van der Waals surface area contributed by atoms with Crippen LogP contribution in [-0.2, 0) is 0 Å². The number of nitrogens with zero attached hydrogens (tertiary/aromatic N) is 5. The van der Waals surface area contributed by atoms with Crippen molar-refractivity contribution in [2.75, 3.05) is 12.3 Å². The molecule has 10 heteroatoms. The summed E-state index contributed by atoms with van der Waals surface area (Å²) < 4.78 is 1.29. The van der Waals surface area contributed by atoms with Crippen molar-refractivity contribution in [1.82, 2.24) is 9.55 Å². The number of aliphatic hydroxyl groups is 2. The van der Waals surface area contributed by atoms with Crippen LogP contribution in [0.3, 0.4) is 0 Å². The van der Waals surface area contributed by atoms with Crippen LogP contribution in [0.1, 0.15) is 11.8 Å². The summed E-state index contributed by atoms with van der Waals surface area (Å²) in [5.41, 5.74) is 13.4. The Morgan fingerprint density at radius 1 is 1.79 bits per heavy atom. The molecule has 1 aromatic rings. The molecule has 0 saturated carbocycles. The Bertz CT molecular complexity index is 586. The van der Waals surface area contributed by atoms with E-state index in [-0.39, 0.29) is 12.2 Å². The molecule has 0 radical (unpaired) electrons. The highest BCUT2D eigenvalue weighted by atomic mass is 32.2. The largest absolute Gasteiger partial charge is 0.395 e. The van der Waals surface area contributed by atoms with Gasteiger partial charge in [-0.2, -0.15) is 4.98 Å². The van der Waals surface area contributed by atoms with Crippen LogP contribution in [0.2, 0.25) is 0 Å². The number of aliphatic hydroxyl groups excluding tert-OH is 2. The molecule has 4 N–H and O–H groups in total. The number of nitrogen functional groups attached to an aromatic ring is 1. The number of thioether (sulfide) groups is 1. The molecule has 102 valence electrons. The van der Waals surface area contributed by atoms with E-state index in [1.807, 2.05) is 0 Å². The predicted octanol–water partition coefficient (Wildman–Crippen LogP) is -0.179. The molecule has 0 aromatic carbocycles. The maximum Gasteiger partial charge on any atom is 0.350 e. The van der Waals surface area contributed by atoms with Crippen LogP contribution in [0.25, 0.3) is 10.4 Å². The third-order valence-corrected chi connectivity index (χ3v) is 4.47. The normalized spacial score (nSPS) is 30.0. The summed E-state index contributed by atoms with van der Waals surface area (Å²) in [6, 6.07) is 1.46. The highest BCUT2D eigenvalue weighted by Gasteiger charge is 2.48. The van der Waals surface area contributed by atoms with E-state index in [0.717, 1.165) is 11.8 Å². The van der Waals surface area contributed by atoms with Gasteiger partial charge < -0.3 is 15.9 Å². The fourth-order valence-electron chi connectivity index (χ4n) is 1.89. The molecule has 1 fully saturated rings. The van der Waals surface area contributed by atoms with Gasteiger partial charge in [-0.15, -0.1) is 11.8 Å². The topological polar surface area (TPSA) is 150 Å². The molecule has 9 nitrogen and oxygen atoms in total. The fraction of sp³-hybridized carbons (Fsp3) is 0.556. The van der Waals surface area contributed by atoms with E-state index in [2.05, 4.69) is 15.0 Å². The van der Waals surface area contributed by atoms with Crippen molar-refractivity contribution >= 4 is 17.6 Å². The number of rotatable bonds is 3. The Labute approximate surface area is 111 Å². The molecule has 0 amide bonds. The standard InChI is InChI=1S/C9H12N6O3S/c10-6-1-2-15(8(18)12-6)7-3-5(17)9(4-16,19-7)13-14-11/h1-2,5,7,16-17H,3-4H2,(H2,10,12,18)/t5-,7+,9+/m0/s1. The van der Waals surface area contributed by atoms with Gasteiger partial charge in [-0.25, -0.2) is 4.79 Å². The van der Waals surface area contributed by atoms with Gasteiger partial charge in [0, 0.05) is 17.5 Å². The number of nitrogens with two attached hydrogens (primary N) is 1. The summed E-state index contributed by atoms with van der Waals surface area (Å²) >= 11 is 1.03. The first-order chi connectivity index (χ1) is 9.02. The monoisotopic (exact) mass is 284 g/mol. The van der Waals surface area contributed by atoms with Gasteiger partial charge in [0.05, 0.1) is 18.1 Å². The first-order valence-electron chi connectivity index (χ1n) is 5.40. The van der Waals surface area contributed by atoms with E-state index in [9.17, 15) is 15.0 Å². The van der Waals surface area contributed by atoms with Crippen molar-refractivity contribution in [3.63, 3.8) is 0 Å². The Morgan fingerprint density at radius 2 is 2.53 bits per heavy atom. The summed E-state index contributed by atoms with van der Waals surface area (Å²) in [7, 11) is 0. The first-order valence-corrected chi connectivity index (χ1v) is 6.28. The molecule has 19 heavy (non-hydrogen) atoms. The maximum absolute atomic E-state index is 11.7. The second-order valence-corrected chi connectivity index (χ2v) is 5.55. The summed E-state index contributed by atoms with van der Waals surface area (Å²) in [5.74, 6) is 0.105. The maximum atomic E-state index is 11.7. The first kappa shape index (κ1) is 13.7. The highest BCUT2D eigenvalue weighted by molar-refractivity contribution is 8.01. The predicted molar refractivity (Wildman–Crippen MR) is 69.1 cm³/mol. The van der Waals surface area contributed by atoms with Crippen LogP contribution < -0.4 is 11.4 Å². The smallest absolute Gasteiger partial charge is 0.350 e. The molecule has 3 atom stereocenters. The van der Waals surface area contributed by atoms with E-state index in [1.165, 1.54) is 16.8 Å². The van der Waals surface area contributed by atoms with Gasteiger partial charge >= 0.3 is 5.69 Å². The molecule has 0 spiro atoms. The lowest BCUT2D eigenvalue weighted by atomic mass is 10.1. The minimum absolute atomic E-state index is 0.105. The summed E-state index contributed by atoms with van der Waals surface area (Å²) in [6.45, 7) is -0.517. The molecular formula is C9H12N6O3S. The molecule has 1 aliphatic rings. The molecule has 1 aromatic heterocycles. The Kier molecular flexibility index (Phi) is 3.67. The van der Waals surface area contributed by atoms with E-state index < -0.39 is 28.6 Å². The molecule has 2 heterocycles. The van der Waals surface area contributed by atoms with Crippen LogP contribution in [0.4, 0.5) is 5.82 Å². The number of hydrogen-bond acceptors (Lipinski definition) is 7. The third-order valence-electron chi connectivity index (χ3n) is 2.89. The van der Waals surface area contributed by atoms with Crippen molar-refractivity contribution in [3.8, 4) is 0 Å². The average Bonchev–Trinajstić information content (AvgIpc) is 2.67. The average molecular weight is 284 g/mol. The highest BCUT2D eigenvalue weighted by Crippen LogP contribution is 2.49. The van der Waals surface area contributed by atoms with Crippen LogP contribution in [0.5, 0.6) is 0 Å². The van der Waals surface area contributed by atoms with Crippen LogP contribution in [0.15, 0.2) is 22.2 Å². The summed E-state index contributed by atoms with van der Waals surface area (Å²) in [6.07, 6.45) is 0.571. The molecule has 0 aliphatic carbocycles. The van der Waals surface area contributed by atoms with Gasteiger partial charge in [0.15, 0.2) is 0 Å². The van der Waals surface area contributed by atoms with Gasteiger partial charge in [-0.3, -0.25) is 4.57 Å². The van der Waals surface area contributed by atoms with Gasteiger partial charge in [0.2, 0.25) is 0 Å². The zero-order valence-electron chi connectivity index (χ0n) is 9.75. The molecule has 1 aliphatic heterocycles. The van der Waals surface area contributed by atoms with Crippen LogP contribution in [-0.4, -0.2) is 37.3 Å². The zero-order valence-corrected chi connectivity index (χ0v) is 10.6. The third kappa shape index (κ3) is 2.38. The van der Waals surface area contributed by atoms with Gasteiger partial charge in [0.25, 0.3) is 0 Å². The lowest BCUT2D eigenvalue weighted by Crippen LogP contribution is -2.35. The second-order valence-electron chi connectivity index (χ2n) is 4.06. The lowest BCUT2D eigenvalue weighted by Gasteiger charge is -2.23. The Hall–Kier alpha value is -1.74. The number of aromatic nitrogens is 2. The molecule has 2 rings (SSSR count). The second kappa shape index (κ2) is 5.10. The van der Waals surface area contributed by atoms with E-state index in [1.54, 1.807) is 0 Å². The zero-order chi connectivity index (χ0) is 14.0. The van der Waals surface area contributed by atoms with Gasteiger partial charge in [-0.05, 0) is 11.6 Å². The molecular weight excluding hydrogens is 272 g/mol. The van der Waals surface area contributed by atoms with E-state index in [4.69, 9.17) is 11.3 Å². The summed E-state index contributed by atoms with van der Waals surface area (Å²) in [4.78, 5) is 16.6. The fourth-order valence-corrected chi connectivity index (χ4v) is 3.33. The minimum Gasteiger partial charge on any atom is -0.395 e. The minimum atomic E-state index is -1.37. The lowest BCUT2D eigenvalue weighted by molar-refractivity contribution is 0.0929. The van der Waals surface area contributed by atoms with Crippen molar-refractivity contribution in [2.24, 2.45) is 5.11 Å². The Balaban J connectivity index is 2.35. The van der Waals surface area contributed by atoms with E-state index in [0.29, 0.717) is 0 Å². The van der Waals surface area contributed by atoms with Crippen molar-refractivity contribution in [3.05, 3.63) is 33.2 Å². The quantitative estimate of drug-likeness (QED) is 0.398. The Morgan fingerprint density at radius 3 is 3.11 bits per heavy atom. The number of anilines is 1. The van der Waals surface area contributed by atoms with Gasteiger partial charge in [0.1, 0.15) is 10.7 Å². The van der Waals surface area contributed by atoms with Crippen LogP contribution >= 0.6 is 11.8 Å².